The van der Waals surface area contributed by atoms with E-state index in [2.05, 4.69) is 15.4 Å². The maximum absolute atomic E-state index is 12.4. The van der Waals surface area contributed by atoms with Gasteiger partial charge in [-0.1, -0.05) is 29.3 Å². The molecule has 3 aromatic heterocycles. The molecule has 0 radical (unpaired) electrons. The lowest BCUT2D eigenvalue weighted by atomic mass is 10.2. The Labute approximate surface area is 174 Å². The lowest BCUT2D eigenvalue weighted by molar-refractivity contribution is -0.115. The van der Waals surface area contributed by atoms with E-state index in [0.717, 1.165) is 10.6 Å². The van der Waals surface area contributed by atoms with Gasteiger partial charge >= 0.3 is 0 Å². The average molecular weight is 433 g/mol. The van der Waals surface area contributed by atoms with Gasteiger partial charge in [0.2, 0.25) is 5.91 Å². The number of anilines is 1. The molecule has 142 valence electrons. The Kier molecular flexibility index (Phi) is 5.47. The molecule has 0 bridgehead atoms. The lowest BCUT2D eigenvalue weighted by Crippen LogP contribution is -2.18. The van der Waals surface area contributed by atoms with Crippen LogP contribution in [0.5, 0.6) is 0 Å². The molecule has 0 aliphatic rings. The van der Waals surface area contributed by atoms with Gasteiger partial charge in [-0.15, -0.1) is 11.3 Å². The zero-order chi connectivity index (χ0) is 19.5. The molecule has 6 nitrogen and oxygen atoms in total. The molecule has 1 aromatic carbocycles. The van der Waals surface area contributed by atoms with Gasteiger partial charge in [-0.05, 0) is 29.8 Å². The van der Waals surface area contributed by atoms with Crippen LogP contribution in [0.1, 0.15) is 11.3 Å². The number of benzene rings is 1. The third kappa shape index (κ3) is 4.27. The number of halogens is 2. The van der Waals surface area contributed by atoms with Gasteiger partial charge in [0.25, 0.3) is 0 Å². The first-order valence-electron chi connectivity index (χ1n) is 8.32. The minimum atomic E-state index is -0.180. The molecule has 0 aliphatic carbocycles. The molecule has 1 amide bonds. The Morgan fingerprint density at radius 1 is 1.25 bits per heavy atom. The van der Waals surface area contributed by atoms with Gasteiger partial charge < -0.3 is 9.73 Å². The van der Waals surface area contributed by atoms with Crippen LogP contribution in [0.3, 0.4) is 0 Å². The number of nitrogens with zero attached hydrogens (tertiary/aromatic N) is 3. The van der Waals surface area contributed by atoms with E-state index in [4.69, 9.17) is 27.6 Å². The summed E-state index contributed by atoms with van der Waals surface area (Å²) in [5.41, 5.74) is 1.54. The van der Waals surface area contributed by atoms with E-state index < -0.39 is 0 Å². The molecule has 0 spiro atoms. The minimum Gasteiger partial charge on any atom is -0.462 e. The number of amides is 1. The molecule has 0 unspecified atom stereocenters. The van der Waals surface area contributed by atoms with Gasteiger partial charge in [-0.3, -0.25) is 4.79 Å². The summed E-state index contributed by atoms with van der Waals surface area (Å²) >= 11 is 13.6. The van der Waals surface area contributed by atoms with Crippen molar-refractivity contribution >= 4 is 46.3 Å². The number of furan rings is 1. The van der Waals surface area contributed by atoms with Crippen molar-refractivity contribution < 1.29 is 9.21 Å². The van der Waals surface area contributed by atoms with Crippen molar-refractivity contribution in [2.45, 2.75) is 13.0 Å². The summed E-state index contributed by atoms with van der Waals surface area (Å²) < 4.78 is 7.00. The van der Waals surface area contributed by atoms with Crippen molar-refractivity contribution in [3.05, 3.63) is 75.5 Å². The van der Waals surface area contributed by atoms with Gasteiger partial charge in [0.1, 0.15) is 5.82 Å². The highest BCUT2D eigenvalue weighted by atomic mass is 35.5. The smallest absolute Gasteiger partial charge is 0.231 e. The topological polar surface area (TPSA) is 73.0 Å². The van der Waals surface area contributed by atoms with Crippen LogP contribution in [0, 0.1) is 0 Å². The van der Waals surface area contributed by atoms with Crippen LogP contribution >= 0.6 is 34.5 Å². The second-order valence-corrected chi connectivity index (χ2v) is 7.66. The largest absolute Gasteiger partial charge is 0.462 e. The van der Waals surface area contributed by atoms with E-state index in [1.807, 2.05) is 17.5 Å². The maximum Gasteiger partial charge on any atom is 0.231 e. The first-order valence-corrected chi connectivity index (χ1v) is 9.96. The molecule has 9 heteroatoms. The second-order valence-electron chi connectivity index (χ2n) is 5.96. The maximum atomic E-state index is 12.4. The van der Waals surface area contributed by atoms with Crippen LogP contribution in [0.25, 0.3) is 10.8 Å². The fraction of sp³-hybridized carbons (Fsp3) is 0.105. The van der Waals surface area contributed by atoms with Gasteiger partial charge in [0.05, 0.1) is 31.1 Å². The van der Waals surface area contributed by atoms with Gasteiger partial charge in [0, 0.05) is 21.5 Å². The highest BCUT2D eigenvalue weighted by Crippen LogP contribution is 2.25. The summed E-state index contributed by atoms with van der Waals surface area (Å²) in [4.78, 5) is 16.9. The molecule has 4 aromatic rings. The fourth-order valence-corrected chi connectivity index (χ4v) is 3.88. The Balaban J connectivity index is 1.42. The van der Waals surface area contributed by atoms with Crippen molar-refractivity contribution in [3.8, 4) is 10.8 Å². The number of carbonyl (C=O) groups excluding carboxylic acids is 1. The van der Waals surface area contributed by atoms with Crippen LogP contribution in [0.2, 0.25) is 10.0 Å². The van der Waals surface area contributed by atoms with Crippen molar-refractivity contribution in [1.29, 1.82) is 0 Å². The molecule has 0 aliphatic heterocycles. The van der Waals surface area contributed by atoms with Gasteiger partial charge in [-0.25, -0.2) is 9.67 Å². The fourth-order valence-electron chi connectivity index (χ4n) is 2.63. The van der Waals surface area contributed by atoms with Crippen LogP contribution in [0.15, 0.2) is 58.7 Å². The van der Waals surface area contributed by atoms with Crippen LogP contribution in [-0.2, 0) is 17.8 Å². The van der Waals surface area contributed by atoms with E-state index >= 15 is 0 Å². The number of aromatic nitrogens is 3. The van der Waals surface area contributed by atoms with E-state index in [1.165, 1.54) is 11.3 Å². The number of rotatable bonds is 6. The Morgan fingerprint density at radius 3 is 2.93 bits per heavy atom. The number of hydrogen-bond donors (Lipinski definition) is 1. The predicted molar refractivity (Wildman–Crippen MR) is 110 cm³/mol. The summed E-state index contributed by atoms with van der Waals surface area (Å²) in [7, 11) is 0. The highest BCUT2D eigenvalue weighted by molar-refractivity contribution is 7.13. The van der Waals surface area contributed by atoms with Crippen molar-refractivity contribution in [1.82, 2.24) is 14.8 Å². The predicted octanol–water partition coefficient (Wildman–Crippen LogP) is 5.14. The molecule has 0 atom stereocenters. The van der Waals surface area contributed by atoms with Crippen LogP contribution in [0.4, 0.5) is 5.82 Å². The van der Waals surface area contributed by atoms with E-state index in [9.17, 15) is 4.79 Å². The second kappa shape index (κ2) is 8.18. The standard InChI is InChI=1S/C19H14Cl2N4O2S/c20-13-4-3-12(15(21)8-13)10-25-17(5-6-22-25)24-18(26)9-14-11-28-19(23-14)16-2-1-7-27-16/h1-8,11H,9-10H2,(H,24,26). The van der Waals surface area contributed by atoms with Crippen molar-refractivity contribution in [3.63, 3.8) is 0 Å². The van der Waals surface area contributed by atoms with Crippen LogP contribution in [-0.4, -0.2) is 20.7 Å². The zero-order valence-electron chi connectivity index (χ0n) is 14.4. The lowest BCUT2D eigenvalue weighted by Gasteiger charge is -2.10. The summed E-state index contributed by atoms with van der Waals surface area (Å²) in [6.07, 6.45) is 3.37. The third-order valence-corrected chi connectivity index (χ3v) is 5.44. The quantitative estimate of drug-likeness (QED) is 0.457. The molecule has 0 saturated carbocycles. The third-order valence-electron chi connectivity index (χ3n) is 3.94. The molecule has 0 fully saturated rings. The number of carbonyl (C=O) groups is 1. The average Bonchev–Trinajstić information content (AvgIpc) is 3.40. The summed E-state index contributed by atoms with van der Waals surface area (Å²) in [6, 6.07) is 10.7. The highest BCUT2D eigenvalue weighted by Gasteiger charge is 2.13. The van der Waals surface area contributed by atoms with E-state index in [-0.39, 0.29) is 12.3 Å². The number of hydrogen-bond acceptors (Lipinski definition) is 5. The minimum absolute atomic E-state index is 0.157. The van der Waals surface area contributed by atoms with E-state index in [0.29, 0.717) is 33.9 Å². The number of nitrogens with one attached hydrogen (secondary N) is 1. The summed E-state index contributed by atoms with van der Waals surface area (Å²) in [6.45, 7) is 0.415. The SMILES string of the molecule is O=C(Cc1csc(-c2ccco2)n1)Nc1ccnn1Cc1ccc(Cl)cc1Cl. The first-order chi connectivity index (χ1) is 13.6. The van der Waals surface area contributed by atoms with Crippen molar-refractivity contribution in [2.75, 3.05) is 5.32 Å². The van der Waals surface area contributed by atoms with Gasteiger partial charge in [-0.2, -0.15) is 5.10 Å². The monoisotopic (exact) mass is 432 g/mol. The Morgan fingerprint density at radius 2 is 2.14 bits per heavy atom. The summed E-state index contributed by atoms with van der Waals surface area (Å²) in [5, 5.41) is 10.8. The first kappa shape index (κ1) is 18.7. The molecule has 1 N–H and O–H groups in total. The molecule has 28 heavy (non-hydrogen) atoms. The Hall–Kier alpha value is -2.61. The molecular formula is C19H14Cl2N4O2S. The molecular weight excluding hydrogens is 419 g/mol. The number of thiazole rings is 1. The molecule has 0 saturated heterocycles. The van der Waals surface area contributed by atoms with Crippen LogP contribution < -0.4 is 5.32 Å². The zero-order valence-corrected chi connectivity index (χ0v) is 16.8. The Bertz CT molecular complexity index is 1110. The van der Waals surface area contributed by atoms with Gasteiger partial charge in [0.15, 0.2) is 10.8 Å². The normalized spacial score (nSPS) is 10.9. The summed E-state index contributed by atoms with van der Waals surface area (Å²) in [5.74, 6) is 1.09. The van der Waals surface area contributed by atoms with Crippen molar-refractivity contribution in [2.24, 2.45) is 0 Å². The van der Waals surface area contributed by atoms with E-state index in [1.54, 1.807) is 41.4 Å². The molecule has 4 rings (SSSR count). The molecule has 3 heterocycles.